The lowest BCUT2D eigenvalue weighted by molar-refractivity contribution is 0.387. The zero-order valence-corrected chi connectivity index (χ0v) is 13.3. The van der Waals surface area contributed by atoms with E-state index in [9.17, 15) is 0 Å². The summed E-state index contributed by atoms with van der Waals surface area (Å²) in [6, 6.07) is 7.90. The van der Waals surface area contributed by atoms with Crippen LogP contribution in [0.2, 0.25) is 0 Å². The summed E-state index contributed by atoms with van der Waals surface area (Å²) >= 11 is 6.33. The van der Waals surface area contributed by atoms with Crippen LogP contribution in [0.3, 0.4) is 0 Å². The molecule has 110 valence electrons. The highest BCUT2D eigenvalue weighted by Crippen LogP contribution is 2.51. The second-order valence-electron chi connectivity index (χ2n) is 6.24. The Morgan fingerprint density at radius 3 is 2.81 bits per heavy atom. The number of hydrogen-bond acceptors (Lipinski definition) is 2. The Bertz CT molecular complexity index is 705. The predicted molar refractivity (Wildman–Crippen MR) is 85.3 cm³/mol. The Morgan fingerprint density at radius 2 is 2.24 bits per heavy atom. The van der Waals surface area contributed by atoms with Gasteiger partial charge >= 0.3 is 0 Å². The number of nitriles is 1. The van der Waals surface area contributed by atoms with Gasteiger partial charge in [0.25, 0.3) is 0 Å². The van der Waals surface area contributed by atoms with E-state index < -0.39 is 0 Å². The molecular formula is C17H20ClN3. The van der Waals surface area contributed by atoms with Gasteiger partial charge in [-0.2, -0.15) is 5.26 Å². The molecule has 0 saturated heterocycles. The van der Waals surface area contributed by atoms with Crippen molar-refractivity contribution in [1.82, 2.24) is 9.55 Å². The molecule has 2 aromatic rings. The Labute approximate surface area is 130 Å². The van der Waals surface area contributed by atoms with Crippen molar-refractivity contribution < 1.29 is 0 Å². The van der Waals surface area contributed by atoms with Gasteiger partial charge in [0.15, 0.2) is 0 Å². The number of nitrogens with zero attached hydrogens (tertiary/aromatic N) is 3. The van der Waals surface area contributed by atoms with Crippen molar-refractivity contribution in [2.75, 3.05) is 0 Å². The van der Waals surface area contributed by atoms with Gasteiger partial charge in [0.2, 0.25) is 0 Å². The predicted octanol–water partition coefficient (Wildman–Crippen LogP) is 4.79. The first kappa shape index (κ1) is 14.4. The van der Waals surface area contributed by atoms with Gasteiger partial charge in [-0.3, -0.25) is 0 Å². The maximum absolute atomic E-state index is 9.13. The molecule has 0 spiro atoms. The topological polar surface area (TPSA) is 41.6 Å². The van der Waals surface area contributed by atoms with Crippen LogP contribution in [0.25, 0.3) is 11.0 Å². The fraction of sp³-hybridized carbons (Fsp3) is 0.529. The molecule has 0 radical (unpaired) electrons. The molecule has 0 bridgehead atoms. The summed E-state index contributed by atoms with van der Waals surface area (Å²) < 4.78 is 2.25. The molecule has 1 aromatic heterocycles. The first-order valence-corrected chi connectivity index (χ1v) is 8.06. The van der Waals surface area contributed by atoms with Gasteiger partial charge < -0.3 is 4.57 Å². The molecule has 0 amide bonds. The third-order valence-corrected chi connectivity index (χ3v) is 4.69. The van der Waals surface area contributed by atoms with E-state index in [2.05, 4.69) is 22.5 Å². The standard InChI is InChI=1S/C17H20ClN3/c1-3-6-17(7-8-17)11-21-15-9-13(10-19)4-5-14(15)20-16(21)12(2)18/h4-5,9,12H,3,6-8,11H2,1-2H3. The van der Waals surface area contributed by atoms with E-state index in [1.807, 2.05) is 25.1 Å². The lowest BCUT2D eigenvalue weighted by Gasteiger charge is -2.18. The molecule has 3 nitrogen and oxygen atoms in total. The van der Waals surface area contributed by atoms with E-state index in [1.165, 1.54) is 25.7 Å². The quantitative estimate of drug-likeness (QED) is 0.745. The minimum absolute atomic E-state index is 0.125. The van der Waals surface area contributed by atoms with Crippen molar-refractivity contribution in [3.63, 3.8) is 0 Å². The van der Waals surface area contributed by atoms with E-state index in [0.29, 0.717) is 11.0 Å². The summed E-state index contributed by atoms with van der Waals surface area (Å²) in [5, 5.41) is 9.00. The molecule has 1 aliphatic rings. The van der Waals surface area contributed by atoms with Gasteiger partial charge in [0.05, 0.1) is 28.0 Å². The average molecular weight is 302 g/mol. The summed E-state index contributed by atoms with van der Waals surface area (Å²) in [6.45, 7) is 5.17. The molecule has 21 heavy (non-hydrogen) atoms. The van der Waals surface area contributed by atoms with Crippen LogP contribution in [0, 0.1) is 16.7 Å². The van der Waals surface area contributed by atoms with Crippen LogP contribution in [0.4, 0.5) is 0 Å². The van der Waals surface area contributed by atoms with E-state index in [-0.39, 0.29) is 5.38 Å². The van der Waals surface area contributed by atoms with Gasteiger partial charge in [-0.25, -0.2) is 4.98 Å². The lowest BCUT2D eigenvalue weighted by Crippen LogP contribution is -2.14. The number of alkyl halides is 1. The smallest absolute Gasteiger partial charge is 0.127 e. The van der Waals surface area contributed by atoms with Crippen molar-refractivity contribution in [2.24, 2.45) is 5.41 Å². The zero-order valence-electron chi connectivity index (χ0n) is 12.6. The average Bonchev–Trinajstić information content (AvgIpc) is 3.13. The van der Waals surface area contributed by atoms with Crippen LogP contribution in [0.1, 0.15) is 56.3 Å². The molecule has 1 aromatic carbocycles. The minimum atomic E-state index is -0.125. The van der Waals surface area contributed by atoms with Gasteiger partial charge in [0, 0.05) is 6.54 Å². The third-order valence-electron chi connectivity index (χ3n) is 4.49. The van der Waals surface area contributed by atoms with Gasteiger partial charge in [-0.1, -0.05) is 13.3 Å². The number of imidazole rings is 1. The molecule has 0 N–H and O–H groups in total. The largest absolute Gasteiger partial charge is 0.326 e. The number of benzene rings is 1. The monoisotopic (exact) mass is 301 g/mol. The number of rotatable bonds is 5. The molecule has 1 fully saturated rings. The van der Waals surface area contributed by atoms with Crippen molar-refractivity contribution in [1.29, 1.82) is 5.26 Å². The SMILES string of the molecule is CCCC1(Cn2c(C(C)Cl)nc3ccc(C#N)cc32)CC1. The van der Waals surface area contributed by atoms with E-state index in [0.717, 1.165) is 23.4 Å². The van der Waals surface area contributed by atoms with Crippen molar-refractivity contribution in [3.8, 4) is 6.07 Å². The van der Waals surface area contributed by atoms with Crippen LogP contribution in [-0.4, -0.2) is 9.55 Å². The molecule has 1 saturated carbocycles. The second kappa shape index (κ2) is 5.35. The first-order chi connectivity index (χ1) is 10.1. The summed E-state index contributed by atoms with van der Waals surface area (Å²) in [5.74, 6) is 0.920. The van der Waals surface area contributed by atoms with Crippen LogP contribution in [-0.2, 0) is 6.54 Å². The maximum atomic E-state index is 9.13. The zero-order chi connectivity index (χ0) is 15.0. The molecule has 1 atom stereocenters. The number of fused-ring (bicyclic) bond motifs is 1. The van der Waals surface area contributed by atoms with Crippen molar-refractivity contribution >= 4 is 22.6 Å². The molecule has 3 rings (SSSR count). The fourth-order valence-electron chi connectivity index (χ4n) is 3.21. The second-order valence-corrected chi connectivity index (χ2v) is 6.89. The Hall–Kier alpha value is -1.53. The van der Waals surface area contributed by atoms with Crippen LogP contribution in [0.5, 0.6) is 0 Å². The fourth-order valence-corrected chi connectivity index (χ4v) is 3.38. The van der Waals surface area contributed by atoms with Crippen molar-refractivity contribution in [2.45, 2.75) is 51.5 Å². The van der Waals surface area contributed by atoms with E-state index in [1.54, 1.807) is 0 Å². The molecule has 1 aliphatic carbocycles. The van der Waals surface area contributed by atoms with Crippen LogP contribution in [0.15, 0.2) is 18.2 Å². The van der Waals surface area contributed by atoms with Gasteiger partial charge in [0.1, 0.15) is 5.82 Å². The van der Waals surface area contributed by atoms with Crippen LogP contribution >= 0.6 is 11.6 Å². The van der Waals surface area contributed by atoms with Crippen molar-refractivity contribution in [3.05, 3.63) is 29.6 Å². The first-order valence-electron chi connectivity index (χ1n) is 7.63. The molecule has 1 unspecified atom stereocenters. The summed E-state index contributed by atoms with van der Waals surface area (Å²) in [5.41, 5.74) is 3.08. The highest BCUT2D eigenvalue weighted by atomic mass is 35.5. The molecule has 1 heterocycles. The molecular weight excluding hydrogens is 282 g/mol. The molecule has 0 aliphatic heterocycles. The Balaban J connectivity index is 2.09. The highest BCUT2D eigenvalue weighted by Gasteiger charge is 2.42. The number of halogens is 1. The Morgan fingerprint density at radius 1 is 1.48 bits per heavy atom. The van der Waals surface area contributed by atoms with Gasteiger partial charge in [-0.15, -0.1) is 11.6 Å². The maximum Gasteiger partial charge on any atom is 0.127 e. The van der Waals surface area contributed by atoms with E-state index in [4.69, 9.17) is 16.9 Å². The number of hydrogen-bond donors (Lipinski definition) is 0. The highest BCUT2D eigenvalue weighted by molar-refractivity contribution is 6.20. The lowest BCUT2D eigenvalue weighted by atomic mass is 10.0. The third kappa shape index (κ3) is 2.65. The van der Waals surface area contributed by atoms with Crippen LogP contribution < -0.4 is 0 Å². The normalized spacial score (nSPS) is 17.6. The summed E-state index contributed by atoms with van der Waals surface area (Å²) in [6.07, 6.45) is 5.03. The summed E-state index contributed by atoms with van der Waals surface area (Å²) in [7, 11) is 0. The van der Waals surface area contributed by atoms with E-state index >= 15 is 0 Å². The molecule has 4 heteroatoms. The van der Waals surface area contributed by atoms with Gasteiger partial charge in [-0.05, 0) is 49.8 Å². The number of aromatic nitrogens is 2. The minimum Gasteiger partial charge on any atom is -0.326 e. The Kier molecular flexibility index (Phi) is 3.67. The summed E-state index contributed by atoms with van der Waals surface area (Å²) in [4.78, 5) is 4.68.